The minimum atomic E-state index is -0.548. The summed E-state index contributed by atoms with van der Waals surface area (Å²) >= 11 is 0. The zero-order valence-corrected chi connectivity index (χ0v) is 23.8. The van der Waals surface area contributed by atoms with E-state index in [-0.39, 0.29) is 23.7 Å². The van der Waals surface area contributed by atoms with Gasteiger partial charge in [-0.05, 0) is 70.4 Å². The predicted octanol–water partition coefficient (Wildman–Crippen LogP) is 5.40. The molecule has 5 rings (SSSR count). The van der Waals surface area contributed by atoms with Gasteiger partial charge in [0.05, 0.1) is 28.8 Å². The van der Waals surface area contributed by atoms with Gasteiger partial charge >= 0.3 is 6.09 Å². The van der Waals surface area contributed by atoms with Crippen molar-refractivity contribution < 1.29 is 18.7 Å². The van der Waals surface area contributed by atoms with E-state index < -0.39 is 5.60 Å². The van der Waals surface area contributed by atoms with Gasteiger partial charge in [0.15, 0.2) is 0 Å². The van der Waals surface area contributed by atoms with Gasteiger partial charge in [0.25, 0.3) is 5.91 Å². The van der Waals surface area contributed by atoms with Crippen LogP contribution in [0, 0.1) is 12.7 Å². The largest absolute Gasteiger partial charge is 0.444 e. The van der Waals surface area contributed by atoms with Crippen LogP contribution >= 0.6 is 0 Å². The second-order valence-electron chi connectivity index (χ2n) is 11.7. The lowest BCUT2D eigenvalue weighted by atomic mass is 9.90. The molecule has 40 heavy (non-hydrogen) atoms. The monoisotopic (exact) mass is 547 g/mol. The molecule has 2 aliphatic rings. The van der Waals surface area contributed by atoms with E-state index in [9.17, 15) is 14.0 Å². The topological polar surface area (TPSA) is 70.9 Å². The lowest BCUT2D eigenvalue weighted by Crippen LogP contribution is -2.49. The number of rotatable bonds is 4. The highest BCUT2D eigenvalue weighted by Gasteiger charge is 2.34. The fourth-order valence-corrected chi connectivity index (χ4v) is 5.57. The van der Waals surface area contributed by atoms with E-state index in [1.807, 2.05) is 66.4 Å². The molecule has 2 fully saturated rings. The standard InChI is InChI=1S/C31H38FN5O3/c1-22-8-7-9-24(20-22)37-28(23-12-14-36(15-13-23)30(39)40-31(2,3)4)25(21-33-37)29(38)35-18-16-34(17-19-35)27-11-6-5-10-26(27)32/h5-11,20-21,23H,12-19H2,1-4H3. The zero-order valence-electron chi connectivity index (χ0n) is 23.8. The molecule has 0 atom stereocenters. The Labute approximate surface area is 235 Å². The molecule has 8 nitrogen and oxygen atoms in total. The van der Waals surface area contributed by atoms with Crippen molar-refractivity contribution in [3.8, 4) is 5.69 Å². The van der Waals surface area contributed by atoms with Crippen LogP contribution in [0.15, 0.2) is 54.7 Å². The predicted molar refractivity (Wildman–Crippen MR) is 153 cm³/mol. The molecule has 0 saturated carbocycles. The molecule has 2 aromatic carbocycles. The third-order valence-electron chi connectivity index (χ3n) is 7.58. The van der Waals surface area contributed by atoms with Gasteiger partial charge in [0.1, 0.15) is 11.4 Å². The van der Waals surface area contributed by atoms with Crippen LogP contribution in [0.3, 0.4) is 0 Å². The Morgan fingerprint density at radius 1 is 0.925 bits per heavy atom. The average Bonchev–Trinajstić information content (AvgIpc) is 3.37. The van der Waals surface area contributed by atoms with Gasteiger partial charge < -0.3 is 19.4 Å². The number of halogens is 1. The molecule has 0 radical (unpaired) electrons. The fourth-order valence-electron chi connectivity index (χ4n) is 5.57. The third-order valence-corrected chi connectivity index (χ3v) is 7.58. The van der Waals surface area contributed by atoms with E-state index in [1.165, 1.54) is 6.07 Å². The van der Waals surface area contributed by atoms with Gasteiger partial charge in [-0.15, -0.1) is 0 Å². The first-order valence-corrected chi connectivity index (χ1v) is 14.0. The number of piperidine rings is 1. The molecule has 0 N–H and O–H groups in total. The molecule has 0 spiro atoms. The number of hydrogen-bond donors (Lipinski definition) is 0. The Balaban J connectivity index is 1.37. The highest BCUT2D eigenvalue weighted by Crippen LogP contribution is 2.34. The van der Waals surface area contributed by atoms with Gasteiger partial charge in [0.2, 0.25) is 0 Å². The smallest absolute Gasteiger partial charge is 0.410 e. The van der Waals surface area contributed by atoms with Crippen LogP contribution in [0.5, 0.6) is 0 Å². The Kier molecular flexibility index (Phi) is 7.83. The highest BCUT2D eigenvalue weighted by atomic mass is 19.1. The number of aryl methyl sites for hydroxylation is 1. The molecular weight excluding hydrogens is 509 g/mol. The maximum atomic E-state index is 14.3. The third kappa shape index (κ3) is 5.98. The Morgan fingerprint density at radius 2 is 1.62 bits per heavy atom. The first-order chi connectivity index (χ1) is 19.1. The molecular formula is C31H38FN5O3. The van der Waals surface area contributed by atoms with Crippen molar-refractivity contribution in [1.29, 1.82) is 0 Å². The Morgan fingerprint density at radius 3 is 2.27 bits per heavy atom. The quantitative estimate of drug-likeness (QED) is 0.438. The SMILES string of the molecule is Cc1cccc(-n2ncc(C(=O)N3CCN(c4ccccc4F)CC3)c2C2CCN(C(=O)OC(C)(C)C)CC2)c1. The molecule has 3 aromatic rings. The van der Waals surface area contributed by atoms with E-state index in [2.05, 4.69) is 6.07 Å². The summed E-state index contributed by atoms with van der Waals surface area (Å²) in [6, 6.07) is 14.8. The van der Waals surface area contributed by atoms with Gasteiger partial charge in [-0.2, -0.15) is 5.10 Å². The number of aromatic nitrogens is 2. The molecule has 0 aliphatic carbocycles. The number of carbonyl (C=O) groups is 2. The second kappa shape index (κ2) is 11.3. The molecule has 2 aliphatic heterocycles. The Hall–Kier alpha value is -3.88. The van der Waals surface area contributed by atoms with Crippen LogP contribution in [0.25, 0.3) is 5.69 Å². The molecule has 0 bridgehead atoms. The summed E-state index contributed by atoms with van der Waals surface area (Å²) in [5, 5.41) is 4.70. The minimum Gasteiger partial charge on any atom is -0.444 e. The summed E-state index contributed by atoms with van der Waals surface area (Å²) in [5.41, 5.74) is 3.52. The van der Waals surface area contributed by atoms with Gasteiger partial charge in [-0.25, -0.2) is 13.9 Å². The van der Waals surface area contributed by atoms with E-state index in [0.29, 0.717) is 63.4 Å². The molecule has 2 saturated heterocycles. The molecule has 3 heterocycles. The van der Waals surface area contributed by atoms with Crippen LogP contribution in [0.4, 0.5) is 14.9 Å². The molecule has 212 valence electrons. The number of amides is 2. The van der Waals surface area contributed by atoms with Crippen LogP contribution in [0.2, 0.25) is 0 Å². The number of hydrogen-bond acceptors (Lipinski definition) is 5. The Bertz CT molecular complexity index is 1370. The van der Waals surface area contributed by atoms with Crippen LogP contribution < -0.4 is 4.90 Å². The number of likely N-dealkylation sites (tertiary alicyclic amines) is 1. The average molecular weight is 548 g/mol. The molecule has 1 aromatic heterocycles. The highest BCUT2D eigenvalue weighted by molar-refractivity contribution is 5.95. The van der Waals surface area contributed by atoms with E-state index in [4.69, 9.17) is 9.84 Å². The number of para-hydroxylation sites is 1. The lowest BCUT2D eigenvalue weighted by molar-refractivity contribution is 0.0203. The maximum absolute atomic E-state index is 14.3. The number of nitrogens with zero attached hydrogens (tertiary/aromatic N) is 5. The van der Waals surface area contributed by atoms with Crippen molar-refractivity contribution >= 4 is 17.7 Å². The van der Waals surface area contributed by atoms with Crippen molar-refractivity contribution in [2.24, 2.45) is 0 Å². The maximum Gasteiger partial charge on any atom is 0.410 e. The van der Waals surface area contributed by atoms with Crippen LogP contribution in [0.1, 0.15) is 61.1 Å². The van der Waals surface area contributed by atoms with Gasteiger partial charge in [-0.3, -0.25) is 4.79 Å². The normalized spacial score (nSPS) is 16.8. The summed E-state index contributed by atoms with van der Waals surface area (Å²) in [7, 11) is 0. The van der Waals surface area contributed by atoms with Gasteiger partial charge in [-0.1, -0.05) is 24.3 Å². The number of anilines is 1. The van der Waals surface area contributed by atoms with Crippen molar-refractivity contribution in [2.75, 3.05) is 44.2 Å². The van der Waals surface area contributed by atoms with Crippen LogP contribution in [-0.4, -0.2) is 76.5 Å². The summed E-state index contributed by atoms with van der Waals surface area (Å²) in [5.74, 6) is -0.251. The number of piperazine rings is 1. The summed E-state index contributed by atoms with van der Waals surface area (Å²) in [6.07, 6.45) is 2.79. The fraction of sp³-hybridized carbons (Fsp3) is 0.452. The van der Waals surface area contributed by atoms with Crippen molar-refractivity contribution in [2.45, 2.75) is 52.1 Å². The summed E-state index contributed by atoms with van der Waals surface area (Å²) in [6.45, 7) is 10.8. The van der Waals surface area contributed by atoms with E-state index >= 15 is 0 Å². The molecule has 9 heteroatoms. The van der Waals surface area contributed by atoms with E-state index in [0.717, 1.165) is 16.9 Å². The summed E-state index contributed by atoms with van der Waals surface area (Å²) < 4.78 is 21.8. The first-order valence-electron chi connectivity index (χ1n) is 14.0. The molecule has 0 unspecified atom stereocenters. The summed E-state index contributed by atoms with van der Waals surface area (Å²) in [4.78, 5) is 32.2. The van der Waals surface area contributed by atoms with Crippen molar-refractivity contribution in [1.82, 2.24) is 19.6 Å². The minimum absolute atomic E-state index is 0.0559. The number of benzene rings is 2. The van der Waals surface area contributed by atoms with Crippen molar-refractivity contribution in [3.63, 3.8) is 0 Å². The van der Waals surface area contributed by atoms with Crippen LogP contribution in [-0.2, 0) is 4.74 Å². The molecule has 2 amide bonds. The van der Waals surface area contributed by atoms with Crippen molar-refractivity contribution in [3.05, 3.63) is 77.4 Å². The number of ether oxygens (including phenoxy) is 1. The number of carbonyl (C=O) groups excluding carboxylic acids is 2. The zero-order chi connectivity index (χ0) is 28.4. The lowest BCUT2D eigenvalue weighted by Gasteiger charge is -2.37. The van der Waals surface area contributed by atoms with E-state index in [1.54, 1.807) is 23.2 Å². The first kappa shape index (κ1) is 27.7. The second-order valence-corrected chi connectivity index (χ2v) is 11.7. The van der Waals surface area contributed by atoms with Gasteiger partial charge in [0, 0.05) is 45.2 Å².